The van der Waals surface area contributed by atoms with Crippen LogP contribution in [0.2, 0.25) is 0 Å². The molecule has 1 aromatic rings. The normalized spacial score (nSPS) is 14.3. The van der Waals surface area contributed by atoms with Crippen LogP contribution >= 0.6 is 0 Å². The van der Waals surface area contributed by atoms with E-state index in [9.17, 15) is 26.3 Å². The third kappa shape index (κ3) is 1.66. The topological polar surface area (TPSA) is 48.9 Å². The summed E-state index contributed by atoms with van der Waals surface area (Å²) in [6.45, 7) is 0. The van der Waals surface area contributed by atoms with Crippen LogP contribution in [0.5, 0.6) is 0 Å². The second-order valence-corrected chi connectivity index (χ2v) is 2.69. The van der Waals surface area contributed by atoms with Gasteiger partial charge in [-0.3, -0.25) is 5.10 Å². The van der Waals surface area contributed by atoms with E-state index >= 15 is 0 Å². The average molecular weight is 234 g/mol. The van der Waals surface area contributed by atoms with Crippen LogP contribution in [0.1, 0.15) is 5.56 Å². The summed E-state index contributed by atoms with van der Waals surface area (Å²) in [5.41, 5.74) is -6.30. The van der Waals surface area contributed by atoms with Crippen molar-refractivity contribution in [3.05, 3.63) is 18.0 Å². The molecule has 0 radical (unpaired) electrons. The number of H-pyrrole nitrogens is 1. The Hall–Kier alpha value is -1.25. The summed E-state index contributed by atoms with van der Waals surface area (Å²) in [7, 11) is 0. The van der Waals surface area contributed by atoms with Crippen molar-refractivity contribution in [2.24, 2.45) is 0 Å². The maximum absolute atomic E-state index is 12.2. The number of hydrogen-bond donors (Lipinski definition) is 2. The Bertz CT molecular complexity index is 312. The van der Waals surface area contributed by atoms with Crippen molar-refractivity contribution in [1.29, 1.82) is 0 Å². The van der Waals surface area contributed by atoms with Crippen LogP contribution in [0, 0.1) is 0 Å². The molecule has 0 fully saturated rings. The monoisotopic (exact) mass is 234 g/mol. The highest BCUT2D eigenvalue weighted by molar-refractivity contribution is 5.20. The number of alkyl halides is 6. The summed E-state index contributed by atoms with van der Waals surface area (Å²) in [4.78, 5) is 0. The van der Waals surface area contributed by atoms with Crippen LogP contribution in [-0.2, 0) is 5.60 Å². The molecule has 1 aromatic heterocycles. The Morgan fingerprint density at radius 3 is 1.80 bits per heavy atom. The number of aromatic nitrogens is 2. The van der Waals surface area contributed by atoms with E-state index in [2.05, 4.69) is 5.10 Å². The maximum atomic E-state index is 12.2. The molecule has 0 bridgehead atoms. The summed E-state index contributed by atoms with van der Waals surface area (Å²) in [5.74, 6) is 0. The van der Waals surface area contributed by atoms with Crippen molar-refractivity contribution in [2.75, 3.05) is 0 Å². The summed E-state index contributed by atoms with van der Waals surface area (Å²) in [6.07, 6.45) is -11.1. The molecule has 9 heteroatoms. The molecule has 15 heavy (non-hydrogen) atoms. The van der Waals surface area contributed by atoms with Crippen molar-refractivity contribution in [1.82, 2.24) is 10.2 Å². The van der Waals surface area contributed by atoms with Gasteiger partial charge in [0.25, 0.3) is 5.60 Å². The zero-order valence-electron chi connectivity index (χ0n) is 6.82. The number of nitrogens with zero attached hydrogens (tertiary/aromatic N) is 1. The first-order chi connectivity index (χ1) is 6.61. The number of halogens is 6. The average Bonchev–Trinajstić information content (AvgIpc) is 2.49. The van der Waals surface area contributed by atoms with Crippen LogP contribution in [-0.4, -0.2) is 27.7 Å². The van der Waals surface area contributed by atoms with Crippen LogP contribution in [0.25, 0.3) is 0 Å². The minimum Gasteiger partial charge on any atom is -0.369 e. The standard InChI is InChI=1S/C6H4F6N2O/c7-5(8,9)4(15,6(10,11)12)3-1-13-14-2-3/h1-2,15H,(H,13,14). The maximum Gasteiger partial charge on any atom is 0.430 e. The van der Waals surface area contributed by atoms with Gasteiger partial charge in [-0.05, 0) is 0 Å². The zero-order chi connectivity index (χ0) is 11.9. The lowest BCUT2D eigenvalue weighted by atomic mass is 9.95. The van der Waals surface area contributed by atoms with E-state index in [1.807, 2.05) is 0 Å². The van der Waals surface area contributed by atoms with E-state index in [4.69, 9.17) is 5.11 Å². The molecule has 86 valence electrons. The van der Waals surface area contributed by atoms with E-state index in [0.29, 0.717) is 6.20 Å². The molecule has 0 saturated heterocycles. The van der Waals surface area contributed by atoms with Crippen LogP contribution in [0.4, 0.5) is 26.3 Å². The lowest BCUT2D eigenvalue weighted by Gasteiger charge is -2.31. The van der Waals surface area contributed by atoms with Gasteiger partial charge in [0.2, 0.25) is 0 Å². The predicted octanol–water partition coefficient (Wildman–Crippen LogP) is 1.72. The second kappa shape index (κ2) is 3.12. The fourth-order valence-corrected chi connectivity index (χ4v) is 0.937. The van der Waals surface area contributed by atoms with Crippen molar-refractivity contribution in [3.63, 3.8) is 0 Å². The van der Waals surface area contributed by atoms with Crippen molar-refractivity contribution in [3.8, 4) is 0 Å². The molecule has 0 aliphatic heterocycles. The van der Waals surface area contributed by atoms with Crippen LogP contribution < -0.4 is 0 Å². The molecule has 0 unspecified atom stereocenters. The van der Waals surface area contributed by atoms with Gasteiger partial charge in [0.05, 0.1) is 6.20 Å². The summed E-state index contributed by atoms with van der Waals surface area (Å²) in [6, 6.07) is 0. The molecule has 1 rings (SSSR count). The van der Waals surface area contributed by atoms with Crippen molar-refractivity contribution < 1.29 is 31.4 Å². The molecular formula is C6H4F6N2O. The Morgan fingerprint density at radius 1 is 1.07 bits per heavy atom. The molecule has 0 spiro atoms. The van der Waals surface area contributed by atoms with E-state index in [1.54, 1.807) is 5.10 Å². The summed E-state index contributed by atoms with van der Waals surface area (Å²) >= 11 is 0. The largest absolute Gasteiger partial charge is 0.430 e. The Kier molecular flexibility index (Phi) is 2.46. The van der Waals surface area contributed by atoms with Gasteiger partial charge in [0.1, 0.15) is 0 Å². The van der Waals surface area contributed by atoms with Gasteiger partial charge in [-0.15, -0.1) is 0 Å². The molecule has 3 nitrogen and oxygen atoms in total. The summed E-state index contributed by atoms with van der Waals surface area (Å²) < 4.78 is 72.9. The first kappa shape index (κ1) is 11.8. The van der Waals surface area contributed by atoms with Crippen LogP contribution in [0.3, 0.4) is 0 Å². The molecule has 0 aliphatic rings. The van der Waals surface area contributed by atoms with Gasteiger partial charge in [-0.2, -0.15) is 31.4 Å². The van der Waals surface area contributed by atoms with Gasteiger partial charge in [-0.25, -0.2) is 0 Å². The smallest absolute Gasteiger partial charge is 0.369 e. The van der Waals surface area contributed by atoms with Gasteiger partial charge in [0, 0.05) is 11.8 Å². The van der Waals surface area contributed by atoms with Crippen LogP contribution in [0.15, 0.2) is 12.4 Å². The quantitative estimate of drug-likeness (QED) is 0.727. The minimum atomic E-state index is -5.87. The van der Waals surface area contributed by atoms with Gasteiger partial charge in [-0.1, -0.05) is 0 Å². The molecule has 0 atom stereocenters. The number of aliphatic hydroxyl groups is 1. The second-order valence-electron chi connectivity index (χ2n) is 2.69. The van der Waals surface area contributed by atoms with Crippen molar-refractivity contribution in [2.45, 2.75) is 18.0 Å². The predicted molar refractivity (Wildman–Crippen MR) is 34.6 cm³/mol. The summed E-state index contributed by atoms with van der Waals surface area (Å²) in [5, 5.41) is 13.4. The molecule has 2 N–H and O–H groups in total. The molecular weight excluding hydrogens is 230 g/mol. The first-order valence-corrected chi connectivity index (χ1v) is 3.46. The minimum absolute atomic E-state index is 0.265. The number of hydrogen-bond acceptors (Lipinski definition) is 2. The fourth-order valence-electron chi connectivity index (χ4n) is 0.937. The molecule has 0 saturated carbocycles. The lowest BCUT2D eigenvalue weighted by molar-refractivity contribution is -0.376. The van der Waals surface area contributed by atoms with Gasteiger partial charge < -0.3 is 5.11 Å². The number of rotatable bonds is 1. The molecule has 0 aromatic carbocycles. The SMILES string of the molecule is OC(c1cn[nH]c1)(C(F)(F)F)C(F)(F)F. The van der Waals surface area contributed by atoms with E-state index in [1.165, 1.54) is 0 Å². The van der Waals surface area contributed by atoms with E-state index in [-0.39, 0.29) is 6.20 Å². The Balaban J connectivity index is 3.33. The third-order valence-electron chi connectivity index (χ3n) is 1.74. The lowest BCUT2D eigenvalue weighted by Crippen LogP contribution is -2.53. The van der Waals surface area contributed by atoms with Crippen molar-refractivity contribution >= 4 is 0 Å². The van der Waals surface area contributed by atoms with Gasteiger partial charge in [0.15, 0.2) is 0 Å². The molecule has 0 aliphatic carbocycles. The first-order valence-electron chi connectivity index (χ1n) is 3.46. The fraction of sp³-hybridized carbons (Fsp3) is 0.500. The number of aromatic amines is 1. The van der Waals surface area contributed by atoms with Gasteiger partial charge >= 0.3 is 12.4 Å². The zero-order valence-corrected chi connectivity index (χ0v) is 6.82. The van der Waals surface area contributed by atoms with E-state index in [0.717, 1.165) is 0 Å². The third-order valence-corrected chi connectivity index (χ3v) is 1.74. The highest BCUT2D eigenvalue weighted by Crippen LogP contribution is 2.49. The Labute approximate surface area is 78.7 Å². The van der Waals surface area contributed by atoms with E-state index < -0.39 is 23.5 Å². The Morgan fingerprint density at radius 2 is 1.53 bits per heavy atom. The highest BCUT2D eigenvalue weighted by Gasteiger charge is 2.71. The molecule has 1 heterocycles. The highest BCUT2D eigenvalue weighted by atomic mass is 19.4. The molecule has 0 amide bonds. The number of nitrogens with one attached hydrogen (secondary N) is 1.